The number of fused-ring (bicyclic) bond motifs is 1. The van der Waals surface area contributed by atoms with Crippen LogP contribution in [0.15, 0.2) is 40.9 Å². The summed E-state index contributed by atoms with van der Waals surface area (Å²) in [4.78, 5) is 0. The van der Waals surface area contributed by atoms with Crippen molar-refractivity contribution in [2.75, 3.05) is 0 Å². The predicted octanol–water partition coefficient (Wildman–Crippen LogP) is 4.77. The highest BCUT2D eigenvalue weighted by atomic mass is 79.9. The van der Waals surface area contributed by atoms with Crippen molar-refractivity contribution < 1.29 is 9.13 Å². The van der Waals surface area contributed by atoms with Gasteiger partial charge in [0.05, 0.1) is 0 Å². The Morgan fingerprint density at radius 2 is 2.00 bits per heavy atom. The van der Waals surface area contributed by atoms with Crippen LogP contribution >= 0.6 is 27.5 Å². The van der Waals surface area contributed by atoms with Gasteiger partial charge in [0.15, 0.2) is 0 Å². The lowest BCUT2D eigenvalue weighted by Crippen LogP contribution is -2.24. The monoisotopic (exact) mass is 355 g/mol. The Morgan fingerprint density at radius 3 is 2.80 bits per heavy atom. The molecule has 2 N–H and O–H groups in total. The molecule has 5 heteroatoms. The van der Waals surface area contributed by atoms with Crippen LogP contribution in [0.1, 0.15) is 29.7 Å². The van der Waals surface area contributed by atoms with Gasteiger partial charge in [0, 0.05) is 33.1 Å². The third kappa shape index (κ3) is 2.55. The average Bonchev–Trinajstić information content (AvgIpc) is 2.42. The van der Waals surface area contributed by atoms with E-state index in [0.29, 0.717) is 22.8 Å². The minimum atomic E-state index is -0.304. The van der Waals surface area contributed by atoms with Crippen LogP contribution in [-0.2, 0) is 0 Å². The molecule has 0 saturated carbocycles. The molecule has 104 valence electrons. The van der Waals surface area contributed by atoms with E-state index in [2.05, 4.69) is 15.9 Å². The minimum Gasteiger partial charge on any atom is -0.485 e. The molecule has 20 heavy (non-hydrogen) atoms. The fourth-order valence-corrected chi connectivity index (χ4v) is 3.05. The third-order valence-electron chi connectivity index (χ3n) is 3.41. The van der Waals surface area contributed by atoms with Crippen LogP contribution in [0.2, 0.25) is 5.02 Å². The first-order valence-corrected chi connectivity index (χ1v) is 7.38. The van der Waals surface area contributed by atoms with E-state index in [1.165, 1.54) is 12.1 Å². The summed E-state index contributed by atoms with van der Waals surface area (Å²) in [5.41, 5.74) is 7.71. The summed E-state index contributed by atoms with van der Waals surface area (Å²) in [6.45, 7) is 0. The molecule has 0 aliphatic carbocycles. The predicted molar refractivity (Wildman–Crippen MR) is 80.5 cm³/mol. The van der Waals surface area contributed by atoms with E-state index in [-0.39, 0.29) is 18.0 Å². The van der Waals surface area contributed by atoms with E-state index in [0.717, 1.165) is 10.0 Å². The zero-order valence-electron chi connectivity index (χ0n) is 10.4. The number of hydrogen-bond donors (Lipinski definition) is 1. The molecule has 0 radical (unpaired) electrons. The fraction of sp³-hybridized carbons (Fsp3) is 0.200. The molecule has 0 fully saturated rings. The van der Waals surface area contributed by atoms with Gasteiger partial charge in [-0.1, -0.05) is 27.5 Å². The number of benzene rings is 2. The number of rotatable bonds is 1. The highest BCUT2D eigenvalue weighted by Gasteiger charge is 2.28. The topological polar surface area (TPSA) is 35.2 Å². The number of halogens is 3. The van der Waals surface area contributed by atoms with Crippen molar-refractivity contribution in [1.29, 1.82) is 0 Å². The van der Waals surface area contributed by atoms with Crippen LogP contribution in [0, 0.1) is 5.82 Å². The Morgan fingerprint density at radius 1 is 1.20 bits per heavy atom. The second-order valence-corrected chi connectivity index (χ2v) is 6.12. The van der Waals surface area contributed by atoms with Crippen molar-refractivity contribution in [3.05, 3.63) is 62.8 Å². The van der Waals surface area contributed by atoms with Crippen molar-refractivity contribution in [3.8, 4) is 5.75 Å². The molecule has 2 unspecified atom stereocenters. The maximum Gasteiger partial charge on any atom is 0.127 e. The van der Waals surface area contributed by atoms with Gasteiger partial charge in [0.1, 0.15) is 17.7 Å². The van der Waals surface area contributed by atoms with Crippen LogP contribution in [0.3, 0.4) is 0 Å². The molecule has 0 spiro atoms. The standard InChI is InChI=1S/C15H12BrClFNO/c16-8-1-3-12(17)10(5-8)15-7-13(19)11-6-9(18)2-4-14(11)20-15/h1-6,13,15H,7,19H2. The highest BCUT2D eigenvalue weighted by Crippen LogP contribution is 2.42. The second-order valence-electron chi connectivity index (χ2n) is 4.80. The van der Waals surface area contributed by atoms with Gasteiger partial charge < -0.3 is 10.5 Å². The second kappa shape index (κ2) is 5.35. The Kier molecular flexibility index (Phi) is 3.71. The van der Waals surface area contributed by atoms with Gasteiger partial charge in [0.25, 0.3) is 0 Å². The molecule has 2 aromatic carbocycles. The molecule has 2 nitrogen and oxygen atoms in total. The van der Waals surface area contributed by atoms with Crippen molar-refractivity contribution >= 4 is 27.5 Å². The molecule has 2 aromatic rings. The van der Waals surface area contributed by atoms with E-state index in [4.69, 9.17) is 22.1 Å². The van der Waals surface area contributed by atoms with E-state index in [9.17, 15) is 4.39 Å². The molecule has 1 heterocycles. The number of hydrogen-bond acceptors (Lipinski definition) is 2. The van der Waals surface area contributed by atoms with Gasteiger partial charge >= 0.3 is 0 Å². The molecular weight excluding hydrogens is 345 g/mol. The summed E-state index contributed by atoms with van der Waals surface area (Å²) in [6, 6.07) is 9.76. The van der Waals surface area contributed by atoms with Gasteiger partial charge in [-0.15, -0.1) is 0 Å². The number of ether oxygens (including phenoxy) is 1. The van der Waals surface area contributed by atoms with Gasteiger partial charge in [-0.05, 0) is 36.4 Å². The largest absolute Gasteiger partial charge is 0.485 e. The lowest BCUT2D eigenvalue weighted by molar-refractivity contribution is 0.161. The lowest BCUT2D eigenvalue weighted by Gasteiger charge is -2.31. The number of nitrogens with two attached hydrogens (primary N) is 1. The summed E-state index contributed by atoms with van der Waals surface area (Å²) in [5.74, 6) is 0.313. The Bertz CT molecular complexity index is 664. The Hall–Kier alpha value is -1.10. The van der Waals surface area contributed by atoms with E-state index >= 15 is 0 Å². The maximum absolute atomic E-state index is 13.3. The van der Waals surface area contributed by atoms with E-state index in [1.807, 2.05) is 18.2 Å². The smallest absolute Gasteiger partial charge is 0.127 e. The summed E-state index contributed by atoms with van der Waals surface area (Å²) in [6.07, 6.45) is 0.333. The molecule has 2 atom stereocenters. The highest BCUT2D eigenvalue weighted by molar-refractivity contribution is 9.10. The molecule has 1 aliphatic heterocycles. The molecule has 0 aromatic heterocycles. The van der Waals surface area contributed by atoms with Gasteiger partial charge in [-0.25, -0.2) is 4.39 Å². The van der Waals surface area contributed by atoms with Gasteiger partial charge in [-0.3, -0.25) is 0 Å². The van der Waals surface area contributed by atoms with Crippen molar-refractivity contribution in [2.24, 2.45) is 5.73 Å². The third-order valence-corrected chi connectivity index (χ3v) is 4.25. The van der Waals surface area contributed by atoms with Gasteiger partial charge in [0.2, 0.25) is 0 Å². The molecule has 0 saturated heterocycles. The Labute approximate surface area is 129 Å². The summed E-state index contributed by atoms with van der Waals surface area (Å²) < 4.78 is 20.1. The van der Waals surface area contributed by atoms with Crippen LogP contribution in [-0.4, -0.2) is 0 Å². The molecular formula is C15H12BrClFNO. The quantitative estimate of drug-likeness (QED) is 0.799. The SMILES string of the molecule is NC1CC(c2cc(Br)ccc2Cl)Oc2ccc(F)cc21. The van der Waals surface area contributed by atoms with Crippen LogP contribution in [0.5, 0.6) is 5.75 Å². The van der Waals surface area contributed by atoms with Crippen molar-refractivity contribution in [1.82, 2.24) is 0 Å². The van der Waals surface area contributed by atoms with E-state index < -0.39 is 0 Å². The minimum absolute atomic E-state index is 0.229. The van der Waals surface area contributed by atoms with Crippen LogP contribution in [0.4, 0.5) is 4.39 Å². The zero-order chi connectivity index (χ0) is 14.3. The normalized spacial score (nSPS) is 21.2. The van der Waals surface area contributed by atoms with Crippen molar-refractivity contribution in [2.45, 2.75) is 18.6 Å². The summed E-state index contributed by atoms with van der Waals surface area (Å²) in [5, 5.41) is 0.635. The fourth-order valence-electron chi connectivity index (χ4n) is 2.43. The summed E-state index contributed by atoms with van der Waals surface area (Å²) in [7, 11) is 0. The molecule has 3 rings (SSSR count). The van der Waals surface area contributed by atoms with Crippen molar-refractivity contribution in [3.63, 3.8) is 0 Å². The van der Waals surface area contributed by atoms with Gasteiger partial charge in [-0.2, -0.15) is 0 Å². The lowest BCUT2D eigenvalue weighted by atomic mass is 9.93. The molecule has 1 aliphatic rings. The zero-order valence-corrected chi connectivity index (χ0v) is 12.8. The Balaban J connectivity index is 1.99. The molecule has 0 amide bonds. The molecule has 0 bridgehead atoms. The first-order chi connectivity index (χ1) is 9.54. The summed E-state index contributed by atoms with van der Waals surface area (Å²) >= 11 is 9.65. The maximum atomic E-state index is 13.3. The first-order valence-electron chi connectivity index (χ1n) is 6.21. The van der Waals surface area contributed by atoms with E-state index in [1.54, 1.807) is 6.07 Å². The van der Waals surface area contributed by atoms with Crippen LogP contribution in [0.25, 0.3) is 0 Å². The van der Waals surface area contributed by atoms with Crippen LogP contribution < -0.4 is 10.5 Å². The average molecular weight is 357 g/mol. The first kappa shape index (κ1) is 13.9.